The molecule has 3 nitrogen and oxygen atoms in total. The fraction of sp³-hybridized carbons (Fsp3) is 0.385. The van der Waals surface area contributed by atoms with Gasteiger partial charge in [0.25, 0.3) is 0 Å². The molecular formula is C13H15N3S. The van der Waals surface area contributed by atoms with Crippen molar-refractivity contribution in [3.63, 3.8) is 0 Å². The minimum absolute atomic E-state index is 0.786. The lowest BCUT2D eigenvalue weighted by Gasteiger charge is -2.08. The van der Waals surface area contributed by atoms with Gasteiger partial charge in [-0.15, -0.1) is 11.8 Å². The molecule has 0 radical (unpaired) electrons. The summed E-state index contributed by atoms with van der Waals surface area (Å²) in [6, 6.07) is 8.21. The van der Waals surface area contributed by atoms with Crippen molar-refractivity contribution in [2.75, 3.05) is 18.8 Å². The molecule has 0 saturated carbocycles. The molecule has 1 atom stereocenters. The molecule has 1 aliphatic heterocycles. The first-order valence-electron chi connectivity index (χ1n) is 5.97. The Kier molecular flexibility index (Phi) is 3.25. The smallest absolute Gasteiger partial charge is 0.117 e. The van der Waals surface area contributed by atoms with Crippen molar-refractivity contribution in [2.45, 2.75) is 11.4 Å². The van der Waals surface area contributed by atoms with Gasteiger partial charge in [-0.2, -0.15) is 0 Å². The van der Waals surface area contributed by atoms with Crippen LogP contribution >= 0.6 is 11.8 Å². The molecule has 4 heteroatoms. The van der Waals surface area contributed by atoms with Gasteiger partial charge in [0.05, 0.1) is 5.52 Å². The largest absolute Gasteiger partial charge is 0.316 e. The summed E-state index contributed by atoms with van der Waals surface area (Å²) in [6.07, 6.45) is 2.95. The summed E-state index contributed by atoms with van der Waals surface area (Å²) in [5, 5.41) is 5.69. The van der Waals surface area contributed by atoms with Crippen LogP contribution in [0.1, 0.15) is 6.42 Å². The van der Waals surface area contributed by atoms with E-state index < -0.39 is 0 Å². The van der Waals surface area contributed by atoms with Crippen molar-refractivity contribution in [2.24, 2.45) is 5.92 Å². The maximum atomic E-state index is 4.40. The van der Waals surface area contributed by atoms with Crippen molar-refractivity contribution in [1.82, 2.24) is 15.3 Å². The van der Waals surface area contributed by atoms with E-state index in [1.807, 2.05) is 30.0 Å². The lowest BCUT2D eigenvalue weighted by molar-refractivity contribution is 0.662. The molecule has 3 rings (SSSR count). The van der Waals surface area contributed by atoms with E-state index >= 15 is 0 Å². The number of benzene rings is 1. The zero-order chi connectivity index (χ0) is 11.5. The molecular weight excluding hydrogens is 230 g/mol. The van der Waals surface area contributed by atoms with E-state index in [4.69, 9.17) is 0 Å². The van der Waals surface area contributed by atoms with Gasteiger partial charge in [0.1, 0.15) is 11.4 Å². The van der Waals surface area contributed by atoms with Gasteiger partial charge in [0, 0.05) is 11.1 Å². The highest BCUT2D eigenvalue weighted by molar-refractivity contribution is 7.99. The number of nitrogens with zero attached hydrogens (tertiary/aromatic N) is 2. The molecule has 0 aliphatic carbocycles. The van der Waals surface area contributed by atoms with Crippen LogP contribution in [-0.2, 0) is 0 Å². The Balaban J connectivity index is 1.79. The molecule has 0 spiro atoms. The quantitative estimate of drug-likeness (QED) is 0.665. The SMILES string of the molecule is c1ccc2c(SCC3CCNC3)ncnc2c1. The summed E-state index contributed by atoms with van der Waals surface area (Å²) in [7, 11) is 0. The standard InChI is InChI=1S/C13H15N3S/c1-2-4-12-11(3-1)13(16-9-15-12)17-8-10-5-6-14-7-10/h1-4,9-10,14H,5-8H2. The Morgan fingerprint density at radius 3 is 3.12 bits per heavy atom. The average molecular weight is 245 g/mol. The Morgan fingerprint density at radius 1 is 1.29 bits per heavy atom. The number of rotatable bonds is 3. The van der Waals surface area contributed by atoms with E-state index in [0.29, 0.717) is 0 Å². The monoisotopic (exact) mass is 245 g/mol. The highest BCUT2D eigenvalue weighted by Gasteiger charge is 2.15. The predicted molar refractivity (Wildman–Crippen MR) is 71.2 cm³/mol. The van der Waals surface area contributed by atoms with Gasteiger partial charge in [-0.3, -0.25) is 0 Å². The maximum Gasteiger partial charge on any atom is 0.117 e. The second kappa shape index (κ2) is 5.02. The third kappa shape index (κ3) is 2.42. The van der Waals surface area contributed by atoms with Crippen molar-refractivity contribution in [3.8, 4) is 0 Å². The van der Waals surface area contributed by atoms with Crippen LogP contribution in [0.5, 0.6) is 0 Å². The molecule has 17 heavy (non-hydrogen) atoms. The zero-order valence-electron chi connectivity index (χ0n) is 9.60. The lowest BCUT2D eigenvalue weighted by atomic mass is 10.2. The van der Waals surface area contributed by atoms with Crippen molar-refractivity contribution < 1.29 is 0 Å². The van der Waals surface area contributed by atoms with E-state index in [2.05, 4.69) is 21.4 Å². The van der Waals surface area contributed by atoms with Crippen LogP contribution in [0.4, 0.5) is 0 Å². The van der Waals surface area contributed by atoms with Gasteiger partial charge in [-0.25, -0.2) is 9.97 Å². The molecule has 1 N–H and O–H groups in total. The average Bonchev–Trinajstić information content (AvgIpc) is 2.89. The molecule has 0 bridgehead atoms. The predicted octanol–water partition coefficient (Wildman–Crippen LogP) is 2.33. The molecule has 88 valence electrons. The minimum Gasteiger partial charge on any atom is -0.316 e. The Morgan fingerprint density at radius 2 is 2.24 bits per heavy atom. The van der Waals surface area contributed by atoms with Gasteiger partial charge in [0.2, 0.25) is 0 Å². The lowest BCUT2D eigenvalue weighted by Crippen LogP contribution is -2.10. The summed E-state index contributed by atoms with van der Waals surface area (Å²) in [4.78, 5) is 8.68. The Labute approximate surface area is 105 Å². The second-order valence-corrected chi connectivity index (χ2v) is 5.37. The summed E-state index contributed by atoms with van der Waals surface area (Å²) >= 11 is 1.86. The van der Waals surface area contributed by atoms with Crippen molar-refractivity contribution in [3.05, 3.63) is 30.6 Å². The summed E-state index contributed by atoms with van der Waals surface area (Å²) in [5.41, 5.74) is 1.04. The molecule has 1 saturated heterocycles. The van der Waals surface area contributed by atoms with Crippen LogP contribution in [-0.4, -0.2) is 28.8 Å². The van der Waals surface area contributed by atoms with E-state index in [1.54, 1.807) is 6.33 Å². The second-order valence-electron chi connectivity index (χ2n) is 4.37. The first-order chi connectivity index (χ1) is 8.43. The summed E-state index contributed by atoms with van der Waals surface area (Å²) in [6.45, 7) is 2.31. The zero-order valence-corrected chi connectivity index (χ0v) is 10.4. The van der Waals surface area contributed by atoms with E-state index in [9.17, 15) is 0 Å². The van der Waals surface area contributed by atoms with Gasteiger partial charge >= 0.3 is 0 Å². The van der Waals surface area contributed by atoms with Crippen LogP contribution < -0.4 is 5.32 Å². The summed E-state index contributed by atoms with van der Waals surface area (Å²) in [5.74, 6) is 1.93. The van der Waals surface area contributed by atoms with Gasteiger partial charge in [-0.1, -0.05) is 18.2 Å². The Hall–Kier alpha value is -1.13. The number of para-hydroxylation sites is 1. The van der Waals surface area contributed by atoms with Crippen molar-refractivity contribution in [1.29, 1.82) is 0 Å². The van der Waals surface area contributed by atoms with Crippen LogP contribution in [0.15, 0.2) is 35.6 Å². The number of hydrogen-bond acceptors (Lipinski definition) is 4. The number of nitrogens with one attached hydrogen (secondary N) is 1. The third-order valence-corrected chi connectivity index (χ3v) is 4.36. The molecule has 2 aromatic rings. The van der Waals surface area contributed by atoms with Gasteiger partial charge in [0.15, 0.2) is 0 Å². The van der Waals surface area contributed by atoms with Crippen LogP contribution in [0.25, 0.3) is 10.9 Å². The van der Waals surface area contributed by atoms with Crippen LogP contribution in [0.2, 0.25) is 0 Å². The first-order valence-corrected chi connectivity index (χ1v) is 6.95. The molecule has 1 aromatic carbocycles. The number of hydrogen-bond donors (Lipinski definition) is 1. The minimum atomic E-state index is 0.786. The summed E-state index contributed by atoms with van der Waals surface area (Å²) < 4.78 is 0. The van der Waals surface area contributed by atoms with Crippen LogP contribution in [0, 0.1) is 5.92 Å². The van der Waals surface area contributed by atoms with Gasteiger partial charge in [-0.05, 0) is 31.5 Å². The first kappa shape index (κ1) is 11.0. The van der Waals surface area contributed by atoms with Crippen LogP contribution in [0.3, 0.4) is 0 Å². The fourth-order valence-electron chi connectivity index (χ4n) is 2.15. The van der Waals surface area contributed by atoms with E-state index in [0.717, 1.165) is 35.3 Å². The highest BCUT2D eigenvalue weighted by Crippen LogP contribution is 2.27. The molecule has 1 fully saturated rings. The van der Waals surface area contributed by atoms with Gasteiger partial charge < -0.3 is 5.32 Å². The van der Waals surface area contributed by atoms with E-state index in [-0.39, 0.29) is 0 Å². The Bertz CT molecular complexity index is 503. The normalized spacial score (nSPS) is 19.9. The van der Waals surface area contributed by atoms with Crippen molar-refractivity contribution >= 4 is 22.7 Å². The number of fused-ring (bicyclic) bond motifs is 1. The molecule has 2 heterocycles. The topological polar surface area (TPSA) is 37.8 Å². The molecule has 1 unspecified atom stereocenters. The molecule has 0 amide bonds. The molecule has 1 aromatic heterocycles. The number of thioether (sulfide) groups is 1. The molecule has 1 aliphatic rings. The fourth-order valence-corrected chi connectivity index (χ4v) is 3.28. The third-order valence-electron chi connectivity index (χ3n) is 3.12. The number of aromatic nitrogens is 2. The van der Waals surface area contributed by atoms with E-state index in [1.165, 1.54) is 11.8 Å². The highest BCUT2D eigenvalue weighted by atomic mass is 32.2. The maximum absolute atomic E-state index is 4.40.